The first-order valence-electron chi connectivity index (χ1n) is 7.27. The maximum absolute atomic E-state index is 13.6. The van der Waals surface area contributed by atoms with Crippen molar-refractivity contribution in [1.29, 1.82) is 0 Å². The van der Waals surface area contributed by atoms with Gasteiger partial charge in [-0.2, -0.15) is 0 Å². The molecule has 9 heteroatoms. The largest absolute Gasteiger partial charge is 0.325 e. The average Bonchev–Trinajstić information content (AvgIpc) is 2.58. The molecule has 134 valence electrons. The Bertz CT molecular complexity index is 901. The molecule has 0 aliphatic rings. The first kappa shape index (κ1) is 18.9. The van der Waals surface area contributed by atoms with Crippen molar-refractivity contribution < 1.29 is 26.4 Å². The topological polar surface area (TPSA) is 75.3 Å². The van der Waals surface area contributed by atoms with Gasteiger partial charge >= 0.3 is 0 Å². The van der Waals surface area contributed by atoms with E-state index in [2.05, 4.69) is 5.32 Å². The molecule has 0 saturated carbocycles. The fraction of sp³-hybridized carbons (Fsp3) is 0.188. The van der Waals surface area contributed by atoms with Crippen LogP contribution in [-0.4, -0.2) is 20.9 Å². The van der Waals surface area contributed by atoms with Gasteiger partial charge in [-0.3, -0.25) is 4.79 Å². The lowest BCUT2D eigenvalue weighted by Crippen LogP contribution is -2.33. The van der Waals surface area contributed by atoms with E-state index in [1.54, 1.807) is 24.3 Å². The molecular weight excluding hydrogens is 357 g/mol. The van der Waals surface area contributed by atoms with Crippen molar-refractivity contribution in [2.24, 2.45) is 0 Å². The number of para-hydroxylation sites is 1. The molecule has 0 spiro atoms. The molecule has 0 saturated heterocycles. The van der Waals surface area contributed by atoms with E-state index in [4.69, 9.17) is 0 Å². The Hall–Kier alpha value is -2.39. The van der Waals surface area contributed by atoms with E-state index in [9.17, 15) is 26.4 Å². The van der Waals surface area contributed by atoms with Gasteiger partial charge in [-0.25, -0.2) is 26.3 Å². The molecule has 0 radical (unpaired) electrons. The number of rotatable bonds is 6. The molecule has 0 unspecified atom stereocenters. The minimum atomic E-state index is -4.53. The molecule has 2 rings (SSSR count). The van der Waals surface area contributed by atoms with Crippen molar-refractivity contribution in [2.45, 2.75) is 18.2 Å². The number of carbonyl (C=O) groups excluding carboxylic acids is 1. The lowest BCUT2D eigenvalue weighted by atomic mass is 10.1. The number of carbonyl (C=O) groups is 1. The van der Waals surface area contributed by atoms with Crippen LogP contribution in [0.3, 0.4) is 0 Å². The predicted octanol–water partition coefficient (Wildman–Crippen LogP) is 2.58. The highest BCUT2D eigenvalue weighted by molar-refractivity contribution is 7.89. The predicted molar refractivity (Wildman–Crippen MR) is 86.0 cm³/mol. The summed E-state index contributed by atoms with van der Waals surface area (Å²) in [4.78, 5) is 10.8. The van der Waals surface area contributed by atoms with Crippen molar-refractivity contribution in [3.63, 3.8) is 0 Å². The summed E-state index contributed by atoms with van der Waals surface area (Å²) >= 11 is 0. The fourth-order valence-electron chi connectivity index (χ4n) is 2.10. The Balaban J connectivity index is 2.10. The molecule has 0 fully saturated rings. The quantitative estimate of drug-likeness (QED) is 0.766. The Morgan fingerprint density at radius 1 is 1.04 bits per heavy atom. The van der Waals surface area contributed by atoms with Gasteiger partial charge in [0.2, 0.25) is 15.9 Å². The van der Waals surface area contributed by atoms with E-state index in [0.717, 1.165) is 5.56 Å². The standard InChI is InChI=1S/C16H15F3N2O3S/c1-2-10-5-3-4-6-12(10)21-14(22)9-20-25(23,24)13-8-7-11(17)15(18)16(13)19/h3-8,20H,2,9H2,1H3,(H,21,22). The Kier molecular flexibility index (Phi) is 5.81. The molecule has 0 aliphatic carbocycles. The van der Waals surface area contributed by atoms with Crippen LogP contribution >= 0.6 is 0 Å². The van der Waals surface area contributed by atoms with Crippen molar-refractivity contribution in [3.05, 3.63) is 59.4 Å². The average molecular weight is 372 g/mol. The number of halogens is 3. The first-order chi connectivity index (χ1) is 11.8. The minimum Gasteiger partial charge on any atom is -0.325 e. The zero-order valence-corrected chi connectivity index (χ0v) is 14.0. The number of benzene rings is 2. The number of anilines is 1. The van der Waals surface area contributed by atoms with E-state index in [-0.39, 0.29) is 0 Å². The van der Waals surface area contributed by atoms with Crippen LogP contribution in [0.5, 0.6) is 0 Å². The first-order valence-corrected chi connectivity index (χ1v) is 8.75. The third-order valence-corrected chi connectivity index (χ3v) is 4.80. The normalized spacial score (nSPS) is 11.4. The van der Waals surface area contributed by atoms with E-state index < -0.39 is 44.8 Å². The number of nitrogens with one attached hydrogen (secondary N) is 2. The summed E-state index contributed by atoms with van der Waals surface area (Å²) in [6.45, 7) is 1.19. The zero-order chi connectivity index (χ0) is 18.6. The van der Waals surface area contributed by atoms with E-state index >= 15 is 0 Å². The van der Waals surface area contributed by atoms with Crippen LogP contribution in [0.1, 0.15) is 12.5 Å². The van der Waals surface area contributed by atoms with Crippen LogP contribution in [0.2, 0.25) is 0 Å². The van der Waals surface area contributed by atoms with Crippen LogP contribution in [0, 0.1) is 17.5 Å². The van der Waals surface area contributed by atoms with E-state index in [1.165, 1.54) is 0 Å². The van der Waals surface area contributed by atoms with Gasteiger partial charge in [-0.05, 0) is 30.2 Å². The molecule has 0 aromatic heterocycles. The van der Waals surface area contributed by atoms with Crippen LogP contribution in [-0.2, 0) is 21.2 Å². The molecule has 0 aliphatic heterocycles. The Morgan fingerprint density at radius 3 is 2.40 bits per heavy atom. The number of sulfonamides is 1. The maximum Gasteiger partial charge on any atom is 0.244 e. The molecule has 2 N–H and O–H groups in total. The van der Waals surface area contributed by atoms with Gasteiger partial charge < -0.3 is 5.32 Å². The summed E-state index contributed by atoms with van der Waals surface area (Å²) in [5, 5.41) is 2.53. The number of hydrogen-bond acceptors (Lipinski definition) is 3. The van der Waals surface area contributed by atoms with Crippen molar-refractivity contribution >= 4 is 21.6 Å². The van der Waals surface area contributed by atoms with Gasteiger partial charge in [-0.15, -0.1) is 0 Å². The monoisotopic (exact) mass is 372 g/mol. The lowest BCUT2D eigenvalue weighted by Gasteiger charge is -2.11. The van der Waals surface area contributed by atoms with Crippen LogP contribution in [0.25, 0.3) is 0 Å². The number of amides is 1. The van der Waals surface area contributed by atoms with Crippen LogP contribution in [0.4, 0.5) is 18.9 Å². The summed E-state index contributed by atoms with van der Waals surface area (Å²) in [5.74, 6) is -5.94. The van der Waals surface area contributed by atoms with Crippen LogP contribution in [0.15, 0.2) is 41.3 Å². The van der Waals surface area contributed by atoms with Gasteiger partial charge in [0, 0.05) is 5.69 Å². The SMILES string of the molecule is CCc1ccccc1NC(=O)CNS(=O)(=O)c1ccc(F)c(F)c1F. The maximum atomic E-state index is 13.6. The molecule has 0 bridgehead atoms. The minimum absolute atomic E-state index is 0.491. The van der Waals surface area contributed by atoms with Gasteiger partial charge in [-0.1, -0.05) is 25.1 Å². The second-order valence-electron chi connectivity index (χ2n) is 5.06. The van der Waals surface area contributed by atoms with Crippen LogP contribution < -0.4 is 10.0 Å². The van der Waals surface area contributed by atoms with Crippen molar-refractivity contribution in [1.82, 2.24) is 4.72 Å². The highest BCUT2D eigenvalue weighted by atomic mass is 32.2. The fourth-order valence-corrected chi connectivity index (χ4v) is 3.15. The summed E-state index contributed by atoms with van der Waals surface area (Å²) in [7, 11) is -4.53. The van der Waals surface area contributed by atoms with Gasteiger partial charge in [0.15, 0.2) is 17.5 Å². The van der Waals surface area contributed by atoms with Crippen molar-refractivity contribution in [2.75, 3.05) is 11.9 Å². The summed E-state index contributed by atoms with van der Waals surface area (Å²) in [6.07, 6.45) is 0.655. The molecule has 1 amide bonds. The van der Waals surface area contributed by atoms with E-state index in [1.807, 2.05) is 11.6 Å². The third kappa shape index (κ3) is 4.37. The molecular formula is C16H15F3N2O3S. The molecule has 5 nitrogen and oxygen atoms in total. The Labute approximate surface area is 142 Å². The summed E-state index contributed by atoms with van der Waals surface area (Å²) in [5.41, 5.74) is 1.37. The van der Waals surface area contributed by atoms with Gasteiger partial charge in [0.25, 0.3) is 0 Å². The van der Waals surface area contributed by atoms with Crippen molar-refractivity contribution in [3.8, 4) is 0 Å². The number of hydrogen-bond donors (Lipinski definition) is 2. The van der Waals surface area contributed by atoms with E-state index in [0.29, 0.717) is 24.2 Å². The highest BCUT2D eigenvalue weighted by Gasteiger charge is 2.24. The molecule has 0 heterocycles. The second kappa shape index (κ2) is 7.66. The Morgan fingerprint density at radius 2 is 1.72 bits per heavy atom. The summed E-state index contributed by atoms with van der Waals surface area (Å²) < 4.78 is 65.4. The van der Waals surface area contributed by atoms with Gasteiger partial charge in [0.1, 0.15) is 4.90 Å². The number of aryl methyl sites for hydroxylation is 1. The third-order valence-electron chi connectivity index (χ3n) is 3.38. The molecule has 25 heavy (non-hydrogen) atoms. The molecule has 0 atom stereocenters. The van der Waals surface area contributed by atoms with Gasteiger partial charge in [0.05, 0.1) is 6.54 Å². The molecule has 2 aromatic rings. The zero-order valence-electron chi connectivity index (χ0n) is 13.1. The molecule has 2 aromatic carbocycles. The second-order valence-corrected chi connectivity index (χ2v) is 6.79. The smallest absolute Gasteiger partial charge is 0.244 e. The highest BCUT2D eigenvalue weighted by Crippen LogP contribution is 2.19. The lowest BCUT2D eigenvalue weighted by molar-refractivity contribution is -0.115. The summed E-state index contributed by atoms with van der Waals surface area (Å²) in [6, 6.07) is 8.03.